The van der Waals surface area contributed by atoms with Gasteiger partial charge in [-0.25, -0.2) is 4.57 Å². The molecule has 7 N–H and O–H groups in total. The molecule has 0 saturated carbocycles. The summed E-state index contributed by atoms with van der Waals surface area (Å²) in [5.74, 6) is -1.24. The van der Waals surface area contributed by atoms with Crippen molar-refractivity contribution in [3.63, 3.8) is 0 Å². The molecule has 0 aliphatic carbocycles. The molecule has 0 spiro atoms. The molecule has 0 aliphatic heterocycles. The maximum Gasteiger partial charge on any atom is 0.491 e. The van der Waals surface area contributed by atoms with Gasteiger partial charge in [0.15, 0.2) is 5.78 Å². The number of carbonyl (C=O) groups is 1. The van der Waals surface area contributed by atoms with Gasteiger partial charge in [0, 0.05) is 0 Å². The van der Waals surface area contributed by atoms with E-state index in [4.69, 9.17) is 25.4 Å². The Morgan fingerprint density at radius 2 is 1.89 bits per heavy atom. The molecule has 108 valence electrons. The second-order valence-electron chi connectivity index (χ2n) is 3.08. The molecule has 0 aromatic heterocycles. The fraction of sp³-hybridized carbons (Fsp3) is 0.833. The minimum absolute atomic E-state index is 0.877. The van der Waals surface area contributed by atoms with E-state index in [0.29, 0.717) is 0 Å². The Balaban J connectivity index is 4.29. The summed E-state index contributed by atoms with van der Waals surface area (Å²) in [5, 5.41) is 43.7. The first-order chi connectivity index (χ1) is 8.25. The first kappa shape index (κ1) is 17.5. The fourth-order valence-corrected chi connectivity index (χ4v) is 1.26. The zero-order chi connectivity index (χ0) is 14.3. The van der Waals surface area contributed by atoms with Crippen LogP contribution in [0.15, 0.2) is 0 Å². The molecular weight excluding hydrogens is 277 g/mol. The van der Waals surface area contributed by atoms with E-state index in [-0.39, 0.29) is 0 Å². The van der Waals surface area contributed by atoms with Crippen LogP contribution in [0.1, 0.15) is 0 Å². The van der Waals surface area contributed by atoms with Gasteiger partial charge in [-0.15, -0.1) is 0 Å². The lowest BCUT2D eigenvalue weighted by molar-refractivity contribution is -0.143. The number of phosphoric acid groups is 1. The summed E-state index contributed by atoms with van der Waals surface area (Å²) >= 11 is 0. The van der Waals surface area contributed by atoms with Crippen LogP contribution >= 0.6 is 7.82 Å². The number of hydrogen-bond donors (Lipinski definition) is 7. The molecule has 0 amide bonds. The molecular formula is C6H14NO10P. The van der Waals surface area contributed by atoms with Gasteiger partial charge in [-0.05, 0) is 0 Å². The van der Waals surface area contributed by atoms with Gasteiger partial charge < -0.3 is 25.3 Å². The molecule has 4 atom stereocenters. The SMILES string of the molecule is O=C(COP(=O)(O)ONO)[C@@H](O)[C@H](O)[C@@H](O)CO. The van der Waals surface area contributed by atoms with Gasteiger partial charge in [0.25, 0.3) is 0 Å². The summed E-state index contributed by atoms with van der Waals surface area (Å²) in [6, 6.07) is 0. The minimum atomic E-state index is -4.73. The van der Waals surface area contributed by atoms with Crippen LogP contribution in [-0.4, -0.2) is 67.8 Å². The summed E-state index contributed by atoms with van der Waals surface area (Å²) in [6.45, 7) is -2.03. The van der Waals surface area contributed by atoms with E-state index in [9.17, 15) is 14.5 Å². The number of phosphoric ester groups is 1. The van der Waals surface area contributed by atoms with Crippen LogP contribution in [0, 0.1) is 0 Å². The monoisotopic (exact) mass is 291 g/mol. The topological polar surface area (TPSA) is 186 Å². The van der Waals surface area contributed by atoms with Crippen molar-refractivity contribution in [1.82, 2.24) is 5.64 Å². The standard InChI is InChI=1S/C6H14NO10P/c8-1-3(9)5(11)6(12)4(10)2-16-18(14,15)17-7-13/h3,5-9,11-13H,1-2H2,(H,14,15)/t3-,5+,6+/m0/s1. The van der Waals surface area contributed by atoms with Crippen LogP contribution in [0.4, 0.5) is 0 Å². The number of rotatable bonds is 9. The Bertz CT molecular complexity index is 311. The van der Waals surface area contributed by atoms with Gasteiger partial charge in [0.2, 0.25) is 0 Å². The van der Waals surface area contributed by atoms with Gasteiger partial charge in [-0.1, -0.05) is 5.64 Å². The van der Waals surface area contributed by atoms with Crippen LogP contribution in [-0.2, 0) is 18.5 Å². The molecule has 0 heterocycles. The summed E-state index contributed by atoms with van der Waals surface area (Å²) in [4.78, 5) is 19.9. The summed E-state index contributed by atoms with van der Waals surface area (Å²) < 4.78 is 18.4. The number of ketones is 1. The normalized spacial score (nSPS) is 19.9. The number of nitrogens with one attached hydrogen (secondary N) is 1. The van der Waals surface area contributed by atoms with E-state index >= 15 is 0 Å². The van der Waals surface area contributed by atoms with E-state index in [1.54, 1.807) is 0 Å². The zero-order valence-electron chi connectivity index (χ0n) is 8.91. The lowest BCUT2D eigenvalue weighted by Gasteiger charge is -2.20. The second kappa shape index (κ2) is 7.86. The lowest BCUT2D eigenvalue weighted by atomic mass is 10.1. The molecule has 1 unspecified atom stereocenters. The Kier molecular flexibility index (Phi) is 7.66. The average Bonchev–Trinajstić information content (AvgIpc) is 2.33. The Morgan fingerprint density at radius 1 is 1.33 bits per heavy atom. The van der Waals surface area contributed by atoms with E-state index in [1.165, 1.54) is 0 Å². The first-order valence-electron chi connectivity index (χ1n) is 4.48. The van der Waals surface area contributed by atoms with Crippen LogP contribution in [0.5, 0.6) is 0 Å². The number of aliphatic hydroxyl groups is 4. The lowest BCUT2D eigenvalue weighted by Crippen LogP contribution is -2.45. The van der Waals surface area contributed by atoms with Gasteiger partial charge in [-0.3, -0.25) is 14.5 Å². The predicted molar refractivity (Wildman–Crippen MR) is 51.9 cm³/mol. The van der Waals surface area contributed by atoms with Gasteiger partial charge >= 0.3 is 7.82 Å². The second-order valence-corrected chi connectivity index (χ2v) is 4.45. The Morgan fingerprint density at radius 3 is 2.33 bits per heavy atom. The highest BCUT2D eigenvalue weighted by Gasteiger charge is 2.32. The zero-order valence-corrected chi connectivity index (χ0v) is 9.80. The van der Waals surface area contributed by atoms with E-state index in [1.807, 2.05) is 0 Å². The predicted octanol–water partition coefficient (Wildman–Crippen LogP) is -3.34. The largest absolute Gasteiger partial charge is 0.491 e. The van der Waals surface area contributed by atoms with Crippen molar-refractivity contribution in [1.29, 1.82) is 0 Å². The quantitative estimate of drug-likeness (QED) is 0.166. The van der Waals surface area contributed by atoms with E-state index in [2.05, 4.69) is 9.15 Å². The van der Waals surface area contributed by atoms with Gasteiger partial charge in [0.05, 0.1) is 6.61 Å². The molecule has 0 rings (SSSR count). The van der Waals surface area contributed by atoms with Crippen molar-refractivity contribution in [2.75, 3.05) is 13.2 Å². The van der Waals surface area contributed by atoms with E-state index in [0.717, 1.165) is 5.64 Å². The summed E-state index contributed by atoms with van der Waals surface area (Å²) in [7, 11) is -4.73. The third-order valence-corrected chi connectivity index (χ3v) is 2.53. The highest BCUT2D eigenvalue weighted by molar-refractivity contribution is 7.47. The number of Topliss-reactive ketones (excluding diaryl/α,β-unsaturated/α-hetero) is 1. The van der Waals surface area contributed by atoms with Crippen molar-refractivity contribution in [2.24, 2.45) is 0 Å². The molecule has 0 aromatic rings. The average molecular weight is 291 g/mol. The highest BCUT2D eigenvalue weighted by Crippen LogP contribution is 2.41. The molecule has 0 aromatic carbocycles. The molecule has 0 saturated heterocycles. The van der Waals surface area contributed by atoms with Crippen molar-refractivity contribution in [3.8, 4) is 0 Å². The fourth-order valence-electron chi connectivity index (χ4n) is 0.817. The molecule has 0 aliphatic rings. The highest BCUT2D eigenvalue weighted by atomic mass is 31.2. The maximum absolute atomic E-state index is 11.2. The first-order valence-corrected chi connectivity index (χ1v) is 5.97. The molecule has 0 bridgehead atoms. The smallest absolute Gasteiger partial charge is 0.394 e. The minimum Gasteiger partial charge on any atom is -0.394 e. The van der Waals surface area contributed by atoms with Gasteiger partial charge in [0.1, 0.15) is 24.9 Å². The van der Waals surface area contributed by atoms with Crippen LogP contribution in [0.25, 0.3) is 0 Å². The number of carbonyl (C=O) groups excluding carboxylic acids is 1. The third kappa shape index (κ3) is 5.93. The van der Waals surface area contributed by atoms with Crippen molar-refractivity contribution in [3.05, 3.63) is 0 Å². The molecule has 11 nitrogen and oxygen atoms in total. The van der Waals surface area contributed by atoms with Crippen molar-refractivity contribution < 1.29 is 49.0 Å². The summed E-state index contributed by atoms with van der Waals surface area (Å²) in [6.07, 6.45) is -5.88. The molecule has 12 heteroatoms. The number of aliphatic hydroxyl groups excluding tert-OH is 4. The maximum atomic E-state index is 11.2. The van der Waals surface area contributed by atoms with Crippen molar-refractivity contribution in [2.45, 2.75) is 18.3 Å². The molecule has 18 heavy (non-hydrogen) atoms. The van der Waals surface area contributed by atoms with Crippen LogP contribution in [0.2, 0.25) is 0 Å². The Hall–Kier alpha value is -0.460. The van der Waals surface area contributed by atoms with Crippen LogP contribution < -0.4 is 5.64 Å². The van der Waals surface area contributed by atoms with Crippen LogP contribution in [0.3, 0.4) is 0 Å². The third-order valence-electron chi connectivity index (χ3n) is 1.76. The van der Waals surface area contributed by atoms with Crippen molar-refractivity contribution >= 4 is 13.6 Å². The summed E-state index contributed by atoms with van der Waals surface area (Å²) in [5.41, 5.74) is 0.877. The van der Waals surface area contributed by atoms with E-state index < -0.39 is 45.1 Å². The number of hydrogen-bond acceptors (Lipinski definition) is 10. The Labute approximate surface area is 101 Å². The van der Waals surface area contributed by atoms with Gasteiger partial charge in [-0.2, -0.15) is 4.62 Å². The molecule has 0 radical (unpaired) electrons. The molecule has 0 fully saturated rings.